The highest BCUT2D eigenvalue weighted by Crippen LogP contribution is 2.24. The molecule has 0 heterocycles. The van der Waals surface area contributed by atoms with Gasteiger partial charge in [-0.25, -0.2) is 0 Å². The van der Waals surface area contributed by atoms with Crippen molar-refractivity contribution in [2.24, 2.45) is 11.8 Å². The molecule has 1 aromatic rings. The van der Waals surface area contributed by atoms with E-state index in [-0.39, 0.29) is 0 Å². The summed E-state index contributed by atoms with van der Waals surface area (Å²) in [6.07, 6.45) is 3.45. The van der Waals surface area contributed by atoms with Gasteiger partial charge in [-0.3, -0.25) is 0 Å². The van der Waals surface area contributed by atoms with Crippen LogP contribution in [-0.4, -0.2) is 13.0 Å². The van der Waals surface area contributed by atoms with Crippen molar-refractivity contribution < 1.29 is 4.74 Å². The van der Waals surface area contributed by atoms with Gasteiger partial charge in [0.25, 0.3) is 0 Å². The Bertz CT molecular complexity index is 322. The molecule has 0 aliphatic heterocycles. The summed E-state index contributed by atoms with van der Waals surface area (Å²) in [6, 6.07) is 8.22. The smallest absolute Gasteiger partial charge is 0.122 e. The van der Waals surface area contributed by atoms with Crippen molar-refractivity contribution in [3.63, 3.8) is 0 Å². The molecule has 0 radical (unpaired) electrons. The standard InChI is InChI=1S/C15H23ClO/c1-12(2)8-9-13(11-16)10-14-6-4-5-7-15(14)17-3/h4-7,12-13H,8-11H2,1-3H3. The van der Waals surface area contributed by atoms with Gasteiger partial charge in [-0.05, 0) is 36.3 Å². The summed E-state index contributed by atoms with van der Waals surface area (Å²) >= 11 is 6.06. The van der Waals surface area contributed by atoms with E-state index in [0.29, 0.717) is 5.92 Å². The van der Waals surface area contributed by atoms with Gasteiger partial charge in [-0.15, -0.1) is 11.6 Å². The molecule has 0 aliphatic rings. The number of para-hydroxylation sites is 1. The second-order valence-electron chi connectivity index (χ2n) is 5.01. The van der Waals surface area contributed by atoms with E-state index in [9.17, 15) is 0 Å². The van der Waals surface area contributed by atoms with Gasteiger partial charge in [0.2, 0.25) is 0 Å². The maximum Gasteiger partial charge on any atom is 0.122 e. The Labute approximate surface area is 110 Å². The third kappa shape index (κ3) is 4.99. The van der Waals surface area contributed by atoms with Gasteiger partial charge in [0.05, 0.1) is 7.11 Å². The summed E-state index contributed by atoms with van der Waals surface area (Å²) in [7, 11) is 1.72. The number of benzene rings is 1. The van der Waals surface area contributed by atoms with Crippen LogP contribution in [0.3, 0.4) is 0 Å². The van der Waals surface area contributed by atoms with E-state index in [1.54, 1.807) is 7.11 Å². The number of ether oxygens (including phenoxy) is 1. The topological polar surface area (TPSA) is 9.23 Å². The van der Waals surface area contributed by atoms with E-state index in [0.717, 1.165) is 24.0 Å². The molecule has 2 heteroatoms. The van der Waals surface area contributed by atoms with Crippen LogP contribution in [-0.2, 0) is 6.42 Å². The number of hydrogen-bond donors (Lipinski definition) is 0. The van der Waals surface area contributed by atoms with Crippen molar-refractivity contribution in [2.45, 2.75) is 33.1 Å². The van der Waals surface area contributed by atoms with Crippen LogP contribution in [0.25, 0.3) is 0 Å². The Morgan fingerprint density at radius 2 is 1.88 bits per heavy atom. The number of rotatable bonds is 7. The van der Waals surface area contributed by atoms with E-state index in [1.165, 1.54) is 18.4 Å². The van der Waals surface area contributed by atoms with E-state index in [4.69, 9.17) is 16.3 Å². The van der Waals surface area contributed by atoms with Crippen LogP contribution in [0.4, 0.5) is 0 Å². The zero-order valence-corrected chi connectivity index (χ0v) is 11.8. The molecule has 1 nitrogen and oxygen atoms in total. The Hall–Kier alpha value is -0.690. The Kier molecular flexibility index (Phi) is 6.43. The first-order valence-corrected chi connectivity index (χ1v) is 6.88. The molecule has 0 spiro atoms. The van der Waals surface area contributed by atoms with Crippen LogP contribution >= 0.6 is 11.6 Å². The zero-order valence-electron chi connectivity index (χ0n) is 11.1. The van der Waals surface area contributed by atoms with Gasteiger partial charge >= 0.3 is 0 Å². The second kappa shape index (κ2) is 7.60. The van der Waals surface area contributed by atoms with Crippen molar-refractivity contribution in [1.29, 1.82) is 0 Å². The second-order valence-corrected chi connectivity index (χ2v) is 5.32. The van der Waals surface area contributed by atoms with Gasteiger partial charge < -0.3 is 4.74 Å². The molecule has 0 saturated carbocycles. The molecule has 0 aliphatic carbocycles. The molecular weight excluding hydrogens is 232 g/mol. The molecule has 0 bridgehead atoms. The monoisotopic (exact) mass is 254 g/mol. The Morgan fingerprint density at radius 3 is 2.47 bits per heavy atom. The predicted molar refractivity (Wildman–Crippen MR) is 75.0 cm³/mol. The van der Waals surface area contributed by atoms with Gasteiger partial charge in [0, 0.05) is 5.88 Å². The van der Waals surface area contributed by atoms with E-state index in [1.807, 2.05) is 12.1 Å². The average Bonchev–Trinajstić information content (AvgIpc) is 2.34. The molecule has 0 N–H and O–H groups in total. The molecule has 0 amide bonds. The van der Waals surface area contributed by atoms with Crippen molar-refractivity contribution in [3.05, 3.63) is 29.8 Å². The first kappa shape index (κ1) is 14.4. The maximum absolute atomic E-state index is 6.06. The normalized spacial score (nSPS) is 12.8. The van der Waals surface area contributed by atoms with Crippen molar-refractivity contribution in [3.8, 4) is 5.75 Å². The van der Waals surface area contributed by atoms with E-state index >= 15 is 0 Å². The fraction of sp³-hybridized carbons (Fsp3) is 0.600. The first-order valence-electron chi connectivity index (χ1n) is 6.35. The van der Waals surface area contributed by atoms with Gasteiger partial charge in [0.1, 0.15) is 5.75 Å². The maximum atomic E-state index is 6.06. The largest absolute Gasteiger partial charge is 0.496 e. The third-order valence-electron chi connectivity index (χ3n) is 3.07. The fourth-order valence-corrected chi connectivity index (χ4v) is 2.25. The lowest BCUT2D eigenvalue weighted by Gasteiger charge is -2.17. The van der Waals surface area contributed by atoms with E-state index < -0.39 is 0 Å². The number of alkyl halides is 1. The number of methoxy groups -OCH3 is 1. The predicted octanol–water partition coefficient (Wildman–Crippen LogP) is 4.53. The van der Waals surface area contributed by atoms with Crippen LogP contribution in [0.2, 0.25) is 0 Å². The Morgan fingerprint density at radius 1 is 1.18 bits per heavy atom. The minimum atomic E-state index is 0.551. The summed E-state index contributed by atoms with van der Waals surface area (Å²) in [6.45, 7) is 4.52. The summed E-state index contributed by atoms with van der Waals surface area (Å²) in [5.41, 5.74) is 1.27. The van der Waals surface area contributed by atoms with Gasteiger partial charge in [0.15, 0.2) is 0 Å². The lowest BCUT2D eigenvalue weighted by molar-refractivity contribution is 0.399. The summed E-state index contributed by atoms with van der Waals surface area (Å²) in [4.78, 5) is 0. The van der Waals surface area contributed by atoms with Crippen LogP contribution in [0.15, 0.2) is 24.3 Å². The first-order chi connectivity index (χ1) is 8.17. The Balaban J connectivity index is 2.60. The van der Waals surface area contributed by atoms with Crippen LogP contribution in [0, 0.1) is 11.8 Å². The van der Waals surface area contributed by atoms with Crippen LogP contribution in [0.5, 0.6) is 5.75 Å². The summed E-state index contributed by atoms with van der Waals surface area (Å²) in [5, 5.41) is 0. The molecule has 1 aromatic carbocycles. The van der Waals surface area contributed by atoms with Crippen LogP contribution in [0.1, 0.15) is 32.3 Å². The average molecular weight is 255 g/mol. The fourth-order valence-electron chi connectivity index (χ4n) is 1.99. The molecule has 1 atom stereocenters. The molecule has 0 saturated heterocycles. The number of halogens is 1. The molecule has 1 unspecified atom stereocenters. The zero-order chi connectivity index (χ0) is 12.7. The van der Waals surface area contributed by atoms with E-state index in [2.05, 4.69) is 26.0 Å². The lowest BCUT2D eigenvalue weighted by Crippen LogP contribution is -2.09. The van der Waals surface area contributed by atoms with Crippen molar-refractivity contribution in [1.82, 2.24) is 0 Å². The van der Waals surface area contributed by atoms with Crippen LogP contribution < -0.4 is 4.74 Å². The highest BCUT2D eigenvalue weighted by molar-refractivity contribution is 6.18. The van der Waals surface area contributed by atoms with Gasteiger partial charge in [-0.2, -0.15) is 0 Å². The van der Waals surface area contributed by atoms with Crippen molar-refractivity contribution in [2.75, 3.05) is 13.0 Å². The summed E-state index contributed by atoms with van der Waals surface area (Å²) < 4.78 is 5.37. The minimum Gasteiger partial charge on any atom is -0.496 e. The highest BCUT2D eigenvalue weighted by Gasteiger charge is 2.12. The highest BCUT2D eigenvalue weighted by atomic mass is 35.5. The molecule has 17 heavy (non-hydrogen) atoms. The molecule has 0 fully saturated rings. The molecule has 1 rings (SSSR count). The van der Waals surface area contributed by atoms with Gasteiger partial charge in [-0.1, -0.05) is 38.5 Å². The summed E-state index contributed by atoms with van der Waals surface area (Å²) in [5.74, 6) is 3.01. The minimum absolute atomic E-state index is 0.551. The SMILES string of the molecule is COc1ccccc1CC(CCl)CCC(C)C. The lowest BCUT2D eigenvalue weighted by atomic mass is 9.93. The molecule has 0 aromatic heterocycles. The quantitative estimate of drug-likeness (QED) is 0.650. The number of hydrogen-bond acceptors (Lipinski definition) is 1. The van der Waals surface area contributed by atoms with Crippen molar-refractivity contribution >= 4 is 11.6 Å². The third-order valence-corrected chi connectivity index (χ3v) is 3.51. The molecular formula is C15H23ClO. The molecule has 96 valence electrons.